The largest absolute Gasteiger partial charge is 0.396 e. The van der Waals surface area contributed by atoms with Crippen molar-refractivity contribution < 1.29 is 42.9 Å². The molecule has 1 unspecified atom stereocenters. The molecule has 0 spiro atoms. The molecular formula is C52H62N8O9S. The number of carbonyl (C=O) groups is 5. The topological polar surface area (TPSA) is 229 Å². The molecule has 1 atom stereocenters. The molecule has 0 saturated carbocycles. The average molecular weight is 975 g/mol. The number of rotatable bonds is 23. The monoisotopic (exact) mass is 974 g/mol. The van der Waals surface area contributed by atoms with Crippen LogP contribution < -0.4 is 37.7 Å². The van der Waals surface area contributed by atoms with Crippen molar-refractivity contribution in [2.45, 2.75) is 58.0 Å². The van der Waals surface area contributed by atoms with Gasteiger partial charge in [-0.25, -0.2) is 5.84 Å². The standard InChI is InChI=1S/C52H62N8O9S/c1-2-11-47(62)59-34-35-12-3-4-13-38(35)49(48(53)40-15-6-8-18-43(40)59)60(54)23-25-67-27-29-69-31-30-68-28-26-66-24-21-46(61)56-37-19-20-44-36(32-37)33-45(70-44)52(65)57-41-16-7-5-14-39(41)50(63)58-42-17-9-10-22-55-51(42)64/h3-8,12-16,18-20,32-33,42H,2,9-11,17,21-31,34,53-54H2,1H3,(H,55,64)(H,56,61)(H,57,65)(H,58,63)/b49-48-. The van der Waals surface area contributed by atoms with E-state index in [-0.39, 0.29) is 42.2 Å². The molecule has 5 amide bonds. The molecule has 1 fully saturated rings. The van der Waals surface area contributed by atoms with Gasteiger partial charge < -0.3 is 55.9 Å². The minimum atomic E-state index is -0.634. The number of nitrogens with one attached hydrogen (secondary N) is 4. The molecule has 0 bridgehead atoms. The Hall–Kier alpha value is -6.67. The highest BCUT2D eigenvalue weighted by molar-refractivity contribution is 7.20. The van der Waals surface area contributed by atoms with Crippen LogP contribution in [0.3, 0.4) is 0 Å². The molecule has 18 heteroatoms. The van der Waals surface area contributed by atoms with Crippen LogP contribution >= 0.6 is 11.3 Å². The second-order valence-electron chi connectivity index (χ2n) is 16.8. The Balaban J connectivity index is 0.755. The van der Waals surface area contributed by atoms with E-state index in [2.05, 4.69) is 21.3 Å². The Labute approximate surface area is 411 Å². The number of hydrazine groups is 1. The first-order valence-electron chi connectivity index (χ1n) is 23.7. The van der Waals surface area contributed by atoms with E-state index in [0.29, 0.717) is 106 Å². The van der Waals surface area contributed by atoms with Gasteiger partial charge in [-0.2, -0.15) is 0 Å². The number of para-hydroxylation sites is 2. The Morgan fingerprint density at radius 1 is 0.771 bits per heavy atom. The number of fused-ring (bicyclic) bond motifs is 3. The van der Waals surface area contributed by atoms with Crippen LogP contribution in [-0.2, 0) is 39.9 Å². The molecule has 70 heavy (non-hydrogen) atoms. The highest BCUT2D eigenvalue weighted by Gasteiger charge is 2.28. The summed E-state index contributed by atoms with van der Waals surface area (Å²) in [6, 6.07) is 28.7. The molecule has 1 saturated heterocycles. The lowest BCUT2D eigenvalue weighted by atomic mass is 9.95. The van der Waals surface area contributed by atoms with Crippen LogP contribution in [0.2, 0.25) is 0 Å². The van der Waals surface area contributed by atoms with E-state index in [1.54, 1.807) is 47.5 Å². The summed E-state index contributed by atoms with van der Waals surface area (Å²) in [5.74, 6) is 5.45. The van der Waals surface area contributed by atoms with Crippen molar-refractivity contribution in [2.75, 3.05) is 81.5 Å². The molecule has 7 rings (SSSR count). The first-order valence-corrected chi connectivity index (χ1v) is 24.6. The molecule has 5 aromatic rings. The van der Waals surface area contributed by atoms with Crippen LogP contribution in [-0.4, -0.2) is 107 Å². The van der Waals surface area contributed by atoms with Crippen molar-refractivity contribution in [3.8, 4) is 0 Å². The summed E-state index contributed by atoms with van der Waals surface area (Å²) in [7, 11) is 0. The minimum absolute atomic E-state index is 0.0426. The first-order chi connectivity index (χ1) is 34.1. The van der Waals surface area contributed by atoms with E-state index in [0.717, 1.165) is 51.7 Å². The van der Waals surface area contributed by atoms with Gasteiger partial charge in [0.1, 0.15) is 6.04 Å². The predicted octanol–water partition coefficient (Wildman–Crippen LogP) is 6.25. The quantitative estimate of drug-likeness (QED) is 0.0242. The van der Waals surface area contributed by atoms with Crippen LogP contribution in [0.4, 0.5) is 17.1 Å². The SMILES string of the molecule is CCCC(=O)N1Cc2ccccc2/C(N(N)CCOCCOCCOCCOCCC(=O)Nc2ccc3sc(C(=O)Nc4ccccc4C(=O)NC4CCCCNC4=O)cc3c2)=C(/N)c2ccccc21. The maximum atomic E-state index is 13.4. The number of anilines is 3. The highest BCUT2D eigenvalue weighted by atomic mass is 32.1. The van der Waals surface area contributed by atoms with Crippen molar-refractivity contribution in [3.05, 3.63) is 124 Å². The Bertz CT molecular complexity index is 2650. The zero-order chi connectivity index (χ0) is 49.2. The van der Waals surface area contributed by atoms with Crippen LogP contribution in [0.5, 0.6) is 0 Å². The minimum Gasteiger partial charge on any atom is -0.396 e. The summed E-state index contributed by atoms with van der Waals surface area (Å²) in [6.07, 6.45) is 3.55. The molecule has 0 radical (unpaired) electrons. The average Bonchev–Trinajstić information content (AvgIpc) is 3.69. The summed E-state index contributed by atoms with van der Waals surface area (Å²) in [5.41, 5.74) is 12.5. The predicted molar refractivity (Wildman–Crippen MR) is 272 cm³/mol. The molecule has 3 heterocycles. The number of nitrogens with two attached hydrogens (primary N) is 2. The first kappa shape index (κ1) is 51.2. The van der Waals surface area contributed by atoms with Crippen molar-refractivity contribution in [1.82, 2.24) is 15.6 Å². The van der Waals surface area contributed by atoms with Gasteiger partial charge in [-0.3, -0.25) is 24.0 Å². The lowest BCUT2D eigenvalue weighted by Gasteiger charge is -2.33. The van der Waals surface area contributed by atoms with Crippen LogP contribution in [0.25, 0.3) is 21.5 Å². The molecule has 1 aromatic heterocycles. The van der Waals surface area contributed by atoms with Gasteiger partial charge in [0, 0.05) is 34.5 Å². The van der Waals surface area contributed by atoms with E-state index in [9.17, 15) is 24.0 Å². The summed E-state index contributed by atoms with van der Waals surface area (Å²) in [6.45, 7) is 6.05. The van der Waals surface area contributed by atoms with E-state index < -0.39 is 11.9 Å². The van der Waals surface area contributed by atoms with Crippen LogP contribution in [0, 0.1) is 0 Å². The van der Waals surface area contributed by atoms with Crippen molar-refractivity contribution in [2.24, 2.45) is 11.6 Å². The number of ether oxygens (including phenoxy) is 4. The molecule has 0 aliphatic carbocycles. The van der Waals surface area contributed by atoms with Gasteiger partial charge in [0.05, 0.1) is 106 Å². The number of thiophene rings is 1. The number of amides is 5. The Morgan fingerprint density at radius 2 is 1.46 bits per heavy atom. The van der Waals surface area contributed by atoms with Gasteiger partial charge in [-0.05, 0) is 79.1 Å². The second-order valence-corrected chi connectivity index (χ2v) is 17.9. The molecule has 4 aromatic carbocycles. The maximum Gasteiger partial charge on any atom is 0.265 e. The van der Waals surface area contributed by atoms with Gasteiger partial charge in [-0.15, -0.1) is 11.3 Å². The maximum absolute atomic E-state index is 13.4. The third-order valence-electron chi connectivity index (χ3n) is 11.7. The van der Waals surface area contributed by atoms with Gasteiger partial charge >= 0.3 is 0 Å². The molecule has 17 nitrogen and oxygen atoms in total. The number of nitrogens with zero attached hydrogens (tertiary/aromatic N) is 2. The van der Waals surface area contributed by atoms with E-state index in [1.807, 2.05) is 66.4 Å². The van der Waals surface area contributed by atoms with Crippen molar-refractivity contribution in [3.63, 3.8) is 0 Å². The third-order valence-corrected chi connectivity index (χ3v) is 12.9. The molecule has 2 aliphatic heterocycles. The van der Waals surface area contributed by atoms with E-state index in [1.165, 1.54) is 11.3 Å². The second kappa shape index (κ2) is 25.8. The fourth-order valence-corrected chi connectivity index (χ4v) is 9.12. The smallest absolute Gasteiger partial charge is 0.265 e. The number of hydrogen-bond acceptors (Lipinski definition) is 13. The fourth-order valence-electron chi connectivity index (χ4n) is 8.18. The van der Waals surface area contributed by atoms with Gasteiger partial charge in [0.2, 0.25) is 17.7 Å². The van der Waals surface area contributed by atoms with Gasteiger partial charge in [0.25, 0.3) is 11.8 Å². The Kier molecular flexibility index (Phi) is 18.9. The fraction of sp³-hybridized carbons (Fsp3) is 0.365. The number of hydrogen-bond donors (Lipinski definition) is 6. The van der Waals surface area contributed by atoms with Crippen LogP contribution in [0.15, 0.2) is 97.1 Å². The zero-order valence-corrected chi connectivity index (χ0v) is 40.3. The van der Waals surface area contributed by atoms with E-state index >= 15 is 0 Å². The highest BCUT2D eigenvalue weighted by Crippen LogP contribution is 2.37. The van der Waals surface area contributed by atoms with Crippen molar-refractivity contribution >= 4 is 79.4 Å². The summed E-state index contributed by atoms with van der Waals surface area (Å²) in [4.78, 5) is 67.1. The molecule has 2 aliphatic rings. The number of benzene rings is 4. The molecular weight excluding hydrogens is 913 g/mol. The zero-order valence-electron chi connectivity index (χ0n) is 39.5. The summed E-state index contributed by atoms with van der Waals surface area (Å²) in [5, 5.41) is 13.8. The normalized spacial score (nSPS) is 15.7. The Morgan fingerprint density at radius 3 is 2.23 bits per heavy atom. The third kappa shape index (κ3) is 13.8. The summed E-state index contributed by atoms with van der Waals surface area (Å²) < 4.78 is 23.6. The molecule has 8 N–H and O–H groups in total. The lowest BCUT2D eigenvalue weighted by Crippen LogP contribution is -2.45. The lowest BCUT2D eigenvalue weighted by molar-refractivity contribution is -0.122. The summed E-state index contributed by atoms with van der Waals surface area (Å²) >= 11 is 1.29. The van der Waals surface area contributed by atoms with E-state index in [4.69, 9.17) is 30.5 Å². The van der Waals surface area contributed by atoms with Gasteiger partial charge in [0.15, 0.2) is 0 Å². The van der Waals surface area contributed by atoms with Gasteiger partial charge in [-0.1, -0.05) is 61.5 Å². The van der Waals surface area contributed by atoms with Crippen molar-refractivity contribution in [1.29, 1.82) is 0 Å². The molecule has 370 valence electrons. The van der Waals surface area contributed by atoms with Crippen LogP contribution in [0.1, 0.15) is 82.2 Å². The number of carbonyl (C=O) groups excluding carboxylic acids is 5.